The van der Waals surface area contributed by atoms with E-state index in [1.807, 2.05) is 43.3 Å². The monoisotopic (exact) mass is 509 g/mol. The lowest BCUT2D eigenvalue weighted by molar-refractivity contribution is -0.115. The molecule has 0 unspecified atom stereocenters. The fourth-order valence-electron chi connectivity index (χ4n) is 3.91. The molecule has 170 valence electrons. The van der Waals surface area contributed by atoms with Crippen molar-refractivity contribution in [1.29, 1.82) is 0 Å². The number of aliphatic imine (C=N–C) groups is 1. The SMILES string of the molecule is Cc1c(C=C2SC(=Nc3ccc(F)cc3)NC2=O)c2ccccc2n1Cc1ccc(Cl)cc1Cl. The molecule has 1 aromatic heterocycles. The molecule has 0 bridgehead atoms. The highest BCUT2D eigenvalue weighted by atomic mass is 35.5. The van der Waals surface area contributed by atoms with E-state index < -0.39 is 0 Å². The summed E-state index contributed by atoms with van der Waals surface area (Å²) in [6, 6.07) is 19.4. The number of amides is 1. The second-order valence-electron chi connectivity index (χ2n) is 7.80. The Morgan fingerprint density at radius 1 is 1.09 bits per heavy atom. The molecule has 3 aromatic carbocycles. The Morgan fingerprint density at radius 3 is 2.62 bits per heavy atom. The van der Waals surface area contributed by atoms with Gasteiger partial charge >= 0.3 is 0 Å². The highest BCUT2D eigenvalue weighted by Crippen LogP contribution is 2.34. The third kappa shape index (κ3) is 4.49. The molecule has 0 atom stereocenters. The van der Waals surface area contributed by atoms with Crippen LogP contribution in [0.3, 0.4) is 0 Å². The molecule has 2 heterocycles. The van der Waals surface area contributed by atoms with Crippen LogP contribution in [0.25, 0.3) is 17.0 Å². The molecule has 1 aliphatic heterocycles. The number of carbonyl (C=O) groups excluding carboxylic acids is 1. The predicted molar refractivity (Wildman–Crippen MR) is 139 cm³/mol. The third-order valence-corrected chi connectivity index (χ3v) is 7.10. The largest absolute Gasteiger partial charge is 0.340 e. The van der Waals surface area contributed by atoms with Crippen molar-refractivity contribution in [2.24, 2.45) is 4.99 Å². The second-order valence-corrected chi connectivity index (χ2v) is 9.67. The first kappa shape index (κ1) is 22.7. The van der Waals surface area contributed by atoms with Gasteiger partial charge in [0.05, 0.1) is 10.6 Å². The minimum Gasteiger partial charge on any atom is -0.340 e. The van der Waals surface area contributed by atoms with Gasteiger partial charge < -0.3 is 9.88 Å². The zero-order valence-electron chi connectivity index (χ0n) is 18.0. The minimum atomic E-state index is -0.334. The fraction of sp³-hybridized carbons (Fsp3) is 0.0769. The normalized spacial score (nSPS) is 16.1. The summed E-state index contributed by atoms with van der Waals surface area (Å²) in [6.45, 7) is 2.60. The van der Waals surface area contributed by atoms with Crippen molar-refractivity contribution in [3.8, 4) is 0 Å². The zero-order chi connectivity index (χ0) is 23.8. The maximum absolute atomic E-state index is 13.2. The molecule has 0 spiro atoms. The second kappa shape index (κ2) is 9.29. The van der Waals surface area contributed by atoms with E-state index in [4.69, 9.17) is 23.2 Å². The Labute approximate surface area is 210 Å². The number of nitrogens with zero attached hydrogens (tertiary/aromatic N) is 2. The summed E-state index contributed by atoms with van der Waals surface area (Å²) in [6.07, 6.45) is 1.89. The number of nitrogens with one attached hydrogen (secondary N) is 1. The van der Waals surface area contributed by atoms with Crippen LogP contribution in [-0.4, -0.2) is 15.6 Å². The summed E-state index contributed by atoms with van der Waals surface area (Å²) in [7, 11) is 0. The Hall–Kier alpha value is -3.06. The number of fused-ring (bicyclic) bond motifs is 1. The molecule has 1 saturated heterocycles. The van der Waals surface area contributed by atoms with Gasteiger partial charge in [0.2, 0.25) is 0 Å². The van der Waals surface area contributed by atoms with Gasteiger partial charge in [-0.15, -0.1) is 0 Å². The quantitative estimate of drug-likeness (QED) is 0.292. The molecular weight excluding hydrogens is 492 g/mol. The first-order valence-corrected chi connectivity index (χ1v) is 12.0. The fourth-order valence-corrected chi connectivity index (χ4v) is 5.20. The summed E-state index contributed by atoms with van der Waals surface area (Å²) >= 11 is 13.8. The highest BCUT2D eigenvalue weighted by molar-refractivity contribution is 8.18. The first-order chi connectivity index (χ1) is 16.4. The predicted octanol–water partition coefficient (Wildman–Crippen LogP) is 7.34. The molecule has 0 aliphatic carbocycles. The summed E-state index contributed by atoms with van der Waals surface area (Å²) in [4.78, 5) is 17.6. The maximum atomic E-state index is 13.2. The van der Waals surface area contributed by atoms with Crippen LogP contribution < -0.4 is 5.32 Å². The Balaban J connectivity index is 1.52. The van der Waals surface area contributed by atoms with Gasteiger partial charge in [-0.2, -0.15) is 0 Å². The Morgan fingerprint density at radius 2 is 1.85 bits per heavy atom. The van der Waals surface area contributed by atoms with E-state index in [0.29, 0.717) is 32.4 Å². The number of benzene rings is 3. The molecule has 5 rings (SSSR count). The molecule has 1 fully saturated rings. The topological polar surface area (TPSA) is 46.4 Å². The van der Waals surface area contributed by atoms with E-state index in [0.717, 1.165) is 27.7 Å². The van der Waals surface area contributed by atoms with Crippen LogP contribution in [0.5, 0.6) is 0 Å². The van der Waals surface area contributed by atoms with E-state index in [-0.39, 0.29) is 11.7 Å². The molecule has 4 aromatic rings. The van der Waals surface area contributed by atoms with Crippen LogP contribution in [0.1, 0.15) is 16.8 Å². The molecule has 1 aliphatic rings. The zero-order valence-corrected chi connectivity index (χ0v) is 20.3. The standard InChI is InChI=1S/C26H18Cl2FN3OS/c1-15-21(13-24-25(33)31-26(34-24)30-19-10-8-18(29)9-11-19)20-4-2-3-5-23(20)32(15)14-16-6-7-17(27)12-22(16)28/h2-13H,14H2,1H3,(H,30,31,33). The molecular formula is C26H18Cl2FN3OS. The van der Waals surface area contributed by atoms with Crippen LogP contribution in [0.15, 0.2) is 76.6 Å². The minimum absolute atomic E-state index is 0.220. The van der Waals surface area contributed by atoms with E-state index >= 15 is 0 Å². The number of aromatic nitrogens is 1. The lowest BCUT2D eigenvalue weighted by Gasteiger charge is -2.10. The first-order valence-electron chi connectivity index (χ1n) is 10.5. The van der Waals surface area contributed by atoms with E-state index in [1.54, 1.807) is 18.2 Å². The number of amidine groups is 1. The molecule has 4 nitrogen and oxygen atoms in total. The van der Waals surface area contributed by atoms with Crippen LogP contribution in [0, 0.1) is 12.7 Å². The van der Waals surface area contributed by atoms with Crippen molar-refractivity contribution in [2.45, 2.75) is 13.5 Å². The summed E-state index contributed by atoms with van der Waals surface area (Å²) in [5.41, 5.74) is 4.54. The molecule has 34 heavy (non-hydrogen) atoms. The number of rotatable bonds is 4. The smallest absolute Gasteiger partial charge is 0.264 e. The average Bonchev–Trinajstić information content (AvgIpc) is 3.29. The summed E-state index contributed by atoms with van der Waals surface area (Å²) in [5.74, 6) is -0.553. The van der Waals surface area contributed by atoms with Crippen LogP contribution in [0.2, 0.25) is 10.0 Å². The molecule has 0 saturated carbocycles. The number of hydrogen-bond donors (Lipinski definition) is 1. The molecule has 8 heteroatoms. The van der Waals surface area contributed by atoms with Crippen LogP contribution >= 0.6 is 35.0 Å². The van der Waals surface area contributed by atoms with Gasteiger partial charge in [-0.1, -0.05) is 47.5 Å². The lowest BCUT2D eigenvalue weighted by Crippen LogP contribution is -2.19. The number of thioether (sulfide) groups is 1. The van der Waals surface area contributed by atoms with E-state index in [2.05, 4.69) is 20.9 Å². The van der Waals surface area contributed by atoms with Crippen LogP contribution in [0.4, 0.5) is 10.1 Å². The van der Waals surface area contributed by atoms with Crippen molar-refractivity contribution in [2.75, 3.05) is 0 Å². The summed E-state index contributed by atoms with van der Waals surface area (Å²) < 4.78 is 15.3. The van der Waals surface area contributed by atoms with E-state index in [1.165, 1.54) is 23.9 Å². The van der Waals surface area contributed by atoms with Gasteiger partial charge in [0.15, 0.2) is 5.17 Å². The molecule has 0 radical (unpaired) electrons. The van der Waals surface area contributed by atoms with Crippen molar-refractivity contribution in [3.63, 3.8) is 0 Å². The number of hydrogen-bond acceptors (Lipinski definition) is 3. The van der Waals surface area contributed by atoms with E-state index in [9.17, 15) is 9.18 Å². The Kier molecular flexibility index (Phi) is 6.21. The van der Waals surface area contributed by atoms with Gasteiger partial charge in [0.1, 0.15) is 5.82 Å². The van der Waals surface area contributed by atoms with Crippen molar-refractivity contribution < 1.29 is 9.18 Å². The van der Waals surface area contributed by atoms with Crippen molar-refractivity contribution in [1.82, 2.24) is 9.88 Å². The maximum Gasteiger partial charge on any atom is 0.264 e. The number of para-hydroxylation sites is 1. The van der Waals surface area contributed by atoms with Crippen molar-refractivity contribution >= 4 is 68.7 Å². The van der Waals surface area contributed by atoms with Gasteiger partial charge in [-0.3, -0.25) is 4.79 Å². The van der Waals surface area contributed by atoms with Gasteiger partial charge in [-0.05, 0) is 72.8 Å². The highest BCUT2D eigenvalue weighted by Gasteiger charge is 2.25. The van der Waals surface area contributed by atoms with Gasteiger partial charge in [0, 0.05) is 38.8 Å². The van der Waals surface area contributed by atoms with Crippen LogP contribution in [-0.2, 0) is 11.3 Å². The van der Waals surface area contributed by atoms with Crippen molar-refractivity contribution in [3.05, 3.63) is 104 Å². The molecule has 1 N–H and O–H groups in total. The number of halogens is 3. The Bertz CT molecular complexity index is 1490. The lowest BCUT2D eigenvalue weighted by atomic mass is 10.1. The molecule has 1 amide bonds. The van der Waals surface area contributed by atoms with Gasteiger partial charge in [0.25, 0.3) is 5.91 Å². The number of carbonyl (C=O) groups is 1. The average molecular weight is 510 g/mol. The van der Waals surface area contributed by atoms with Gasteiger partial charge in [-0.25, -0.2) is 9.38 Å². The summed E-state index contributed by atoms with van der Waals surface area (Å²) in [5, 5.41) is 5.48. The third-order valence-electron chi connectivity index (χ3n) is 5.61.